The molecule has 0 spiro atoms. The molecule has 1 aromatic carbocycles. The number of allylic oxidation sites excluding steroid dienone is 2. The van der Waals surface area contributed by atoms with E-state index in [1.54, 1.807) is 0 Å². The first-order valence-electron chi connectivity index (χ1n) is 10.1. The molecule has 27 heavy (non-hydrogen) atoms. The summed E-state index contributed by atoms with van der Waals surface area (Å²) in [4.78, 5) is 28.3. The van der Waals surface area contributed by atoms with Crippen molar-refractivity contribution in [1.29, 1.82) is 0 Å². The van der Waals surface area contributed by atoms with Crippen LogP contribution in [0.25, 0.3) is 0 Å². The molecule has 0 aromatic heterocycles. The van der Waals surface area contributed by atoms with Gasteiger partial charge in [-0.05, 0) is 69.6 Å². The van der Waals surface area contributed by atoms with Crippen molar-refractivity contribution in [2.45, 2.75) is 58.4 Å². The van der Waals surface area contributed by atoms with Crippen LogP contribution in [0.15, 0.2) is 30.0 Å². The number of quaternary nitrogens is 1. The fourth-order valence-electron chi connectivity index (χ4n) is 3.73. The average Bonchev–Trinajstić information content (AvgIpc) is 3.44. The molecule has 0 bridgehead atoms. The number of nitrogens with one attached hydrogen (secondary N) is 2. The lowest BCUT2D eigenvalue weighted by molar-refractivity contribution is -0.862. The largest absolute Gasteiger partial charge is 0.322 e. The van der Waals surface area contributed by atoms with Crippen LogP contribution < -0.4 is 10.2 Å². The number of rotatable bonds is 7. The van der Waals surface area contributed by atoms with Gasteiger partial charge in [0.15, 0.2) is 13.1 Å². The van der Waals surface area contributed by atoms with Crippen LogP contribution in [0.1, 0.15) is 49.7 Å². The van der Waals surface area contributed by atoms with Crippen LogP contribution in [0.4, 0.5) is 5.69 Å². The Labute approximate surface area is 162 Å². The normalized spacial score (nSPS) is 17.8. The topological polar surface area (TPSA) is 53.9 Å². The van der Waals surface area contributed by atoms with Gasteiger partial charge in [0.2, 0.25) is 0 Å². The molecule has 5 heteroatoms. The van der Waals surface area contributed by atoms with Gasteiger partial charge in [0, 0.05) is 17.4 Å². The lowest BCUT2D eigenvalue weighted by Gasteiger charge is -2.28. The number of amides is 2. The quantitative estimate of drug-likeness (QED) is 0.773. The van der Waals surface area contributed by atoms with Gasteiger partial charge < -0.3 is 15.1 Å². The van der Waals surface area contributed by atoms with Crippen molar-refractivity contribution in [2.75, 3.05) is 25.5 Å². The third-order valence-corrected chi connectivity index (χ3v) is 5.55. The van der Waals surface area contributed by atoms with E-state index < -0.39 is 0 Å². The predicted molar refractivity (Wildman–Crippen MR) is 108 cm³/mol. The molecule has 2 amide bonds. The van der Waals surface area contributed by atoms with Crippen molar-refractivity contribution >= 4 is 17.5 Å². The predicted octanol–water partition coefficient (Wildman–Crippen LogP) is 2.21. The molecule has 1 unspecified atom stereocenters. The Morgan fingerprint density at radius 1 is 1.19 bits per heavy atom. The van der Waals surface area contributed by atoms with Gasteiger partial charge in [-0.25, -0.2) is 0 Å². The molecule has 0 saturated heterocycles. The Hall–Kier alpha value is -2.14. The summed E-state index contributed by atoms with van der Waals surface area (Å²) >= 11 is 0. The van der Waals surface area contributed by atoms with E-state index in [-0.39, 0.29) is 18.4 Å². The summed E-state index contributed by atoms with van der Waals surface area (Å²) in [6, 6.07) is 6.29. The summed E-state index contributed by atoms with van der Waals surface area (Å²) in [6.07, 6.45) is 8.93. The minimum atomic E-state index is -0.0520. The molecule has 0 radical (unpaired) electrons. The molecule has 2 aliphatic rings. The molecule has 1 aromatic rings. The van der Waals surface area contributed by atoms with Crippen LogP contribution in [-0.2, 0) is 9.59 Å². The first-order chi connectivity index (χ1) is 13.0. The summed E-state index contributed by atoms with van der Waals surface area (Å²) in [5.74, 6) is 0.103. The molecule has 1 saturated carbocycles. The summed E-state index contributed by atoms with van der Waals surface area (Å²) in [7, 11) is 1.92. The zero-order valence-corrected chi connectivity index (χ0v) is 16.8. The van der Waals surface area contributed by atoms with Crippen LogP contribution >= 0.6 is 0 Å². The van der Waals surface area contributed by atoms with Gasteiger partial charge in [-0.2, -0.15) is 0 Å². The van der Waals surface area contributed by atoms with Crippen molar-refractivity contribution in [2.24, 2.45) is 0 Å². The SMILES string of the molecule is Cc1cccc(NC(=O)C[NH+](C)CC(=O)N(C2=CCCCC2)C2CC2)c1C. The van der Waals surface area contributed by atoms with Crippen molar-refractivity contribution in [1.82, 2.24) is 4.90 Å². The third kappa shape index (κ3) is 5.19. The lowest BCUT2D eigenvalue weighted by atomic mass is 10.0. The molecule has 3 rings (SSSR count). The maximum Gasteiger partial charge on any atom is 0.282 e. The van der Waals surface area contributed by atoms with Gasteiger partial charge in [-0.1, -0.05) is 18.2 Å². The number of likely N-dealkylation sites (N-methyl/N-ethyl adjacent to an activating group) is 1. The molecule has 0 heterocycles. The van der Waals surface area contributed by atoms with Gasteiger partial charge in [-0.15, -0.1) is 0 Å². The second kappa shape index (κ2) is 8.70. The Balaban J connectivity index is 1.55. The summed E-state index contributed by atoms with van der Waals surface area (Å²) < 4.78 is 0. The number of hydrogen-bond acceptors (Lipinski definition) is 2. The maximum atomic E-state index is 12.9. The van der Waals surface area contributed by atoms with Gasteiger partial charge in [0.1, 0.15) is 0 Å². The zero-order valence-electron chi connectivity index (χ0n) is 16.8. The van der Waals surface area contributed by atoms with E-state index in [1.807, 2.05) is 44.0 Å². The molecule has 1 atom stereocenters. The van der Waals surface area contributed by atoms with Crippen molar-refractivity contribution < 1.29 is 14.5 Å². The monoisotopic (exact) mass is 370 g/mol. The van der Waals surface area contributed by atoms with Crippen LogP contribution in [0, 0.1) is 13.8 Å². The molecule has 0 aliphatic heterocycles. The van der Waals surface area contributed by atoms with Gasteiger partial charge in [0.05, 0.1) is 7.05 Å². The van der Waals surface area contributed by atoms with Crippen molar-refractivity contribution in [3.05, 3.63) is 41.1 Å². The molecule has 1 fully saturated rings. The number of benzene rings is 1. The number of anilines is 1. The smallest absolute Gasteiger partial charge is 0.282 e. The standard InChI is InChI=1S/C22H31N3O2/c1-16-8-7-11-20(17(16)2)23-21(26)14-24(3)15-22(27)25(19-12-13-19)18-9-5-4-6-10-18/h7-9,11,19H,4-6,10,12-15H2,1-3H3,(H,23,26)/p+1. The van der Waals surface area contributed by atoms with Crippen molar-refractivity contribution in [3.8, 4) is 0 Å². The summed E-state index contributed by atoms with van der Waals surface area (Å²) in [5.41, 5.74) is 4.31. The molecule has 2 aliphatic carbocycles. The number of hydrogen-bond donors (Lipinski definition) is 2. The van der Waals surface area contributed by atoms with E-state index in [0.29, 0.717) is 12.6 Å². The van der Waals surface area contributed by atoms with Gasteiger partial charge >= 0.3 is 0 Å². The molecule has 146 valence electrons. The van der Waals surface area contributed by atoms with Crippen LogP contribution in [-0.4, -0.2) is 42.9 Å². The second-order valence-corrected chi connectivity index (χ2v) is 8.04. The highest BCUT2D eigenvalue weighted by molar-refractivity contribution is 5.92. The van der Waals surface area contributed by atoms with Gasteiger partial charge in [0.25, 0.3) is 11.8 Å². The van der Waals surface area contributed by atoms with Crippen LogP contribution in [0.5, 0.6) is 0 Å². The molecular weight excluding hydrogens is 338 g/mol. The minimum absolute atomic E-state index is 0.0520. The van der Waals surface area contributed by atoms with Crippen molar-refractivity contribution in [3.63, 3.8) is 0 Å². The molecular formula is C22H32N3O2+. The Bertz CT molecular complexity index is 737. The molecule has 5 nitrogen and oxygen atoms in total. The minimum Gasteiger partial charge on any atom is -0.322 e. The van der Waals surface area contributed by atoms with E-state index in [0.717, 1.165) is 47.4 Å². The highest BCUT2D eigenvalue weighted by atomic mass is 16.2. The Morgan fingerprint density at radius 3 is 2.63 bits per heavy atom. The Morgan fingerprint density at radius 2 is 1.96 bits per heavy atom. The fraction of sp³-hybridized carbons (Fsp3) is 0.545. The zero-order chi connectivity index (χ0) is 19.4. The first-order valence-corrected chi connectivity index (χ1v) is 10.1. The summed E-state index contributed by atoms with van der Waals surface area (Å²) in [5, 5.41) is 2.99. The van der Waals surface area contributed by atoms with E-state index >= 15 is 0 Å². The third-order valence-electron chi connectivity index (χ3n) is 5.55. The van der Waals surface area contributed by atoms with E-state index in [9.17, 15) is 9.59 Å². The summed E-state index contributed by atoms with van der Waals surface area (Å²) in [6.45, 7) is 4.69. The van der Waals surface area contributed by atoms with E-state index in [1.165, 1.54) is 18.5 Å². The van der Waals surface area contributed by atoms with E-state index in [4.69, 9.17) is 0 Å². The number of carbonyl (C=O) groups excluding carboxylic acids is 2. The highest BCUT2D eigenvalue weighted by Crippen LogP contribution is 2.33. The number of nitrogens with zero attached hydrogens (tertiary/aromatic N) is 1. The van der Waals surface area contributed by atoms with Crippen LogP contribution in [0.3, 0.4) is 0 Å². The van der Waals surface area contributed by atoms with Gasteiger partial charge in [-0.3, -0.25) is 9.59 Å². The van der Waals surface area contributed by atoms with Crippen LogP contribution in [0.2, 0.25) is 0 Å². The van der Waals surface area contributed by atoms with E-state index in [2.05, 4.69) is 11.4 Å². The highest BCUT2D eigenvalue weighted by Gasteiger charge is 2.36. The lowest BCUT2D eigenvalue weighted by Crippen LogP contribution is -3.11. The molecule has 2 N–H and O–H groups in total. The second-order valence-electron chi connectivity index (χ2n) is 8.04. The number of carbonyl (C=O) groups is 2. The first kappa shape index (κ1) is 19.6. The Kier molecular flexibility index (Phi) is 6.32. The fourth-order valence-corrected chi connectivity index (χ4v) is 3.73. The number of aryl methyl sites for hydroxylation is 1. The maximum absolute atomic E-state index is 12.9. The average molecular weight is 371 g/mol.